The van der Waals surface area contributed by atoms with Crippen molar-refractivity contribution in [1.29, 1.82) is 5.26 Å². The molecule has 4 rings (SSSR count). The maximum Gasteiger partial charge on any atom is 0.260 e. The van der Waals surface area contributed by atoms with Gasteiger partial charge in [0.1, 0.15) is 0 Å². The van der Waals surface area contributed by atoms with Gasteiger partial charge in [0.25, 0.3) is 5.91 Å². The maximum absolute atomic E-state index is 12.8. The van der Waals surface area contributed by atoms with Crippen LogP contribution in [0.15, 0.2) is 42.5 Å². The molecule has 1 aromatic heterocycles. The van der Waals surface area contributed by atoms with Crippen LogP contribution in [-0.4, -0.2) is 42.1 Å². The predicted molar refractivity (Wildman–Crippen MR) is 116 cm³/mol. The molecule has 154 valence electrons. The quantitative estimate of drug-likeness (QED) is 0.591. The molecule has 3 aromatic rings. The first-order valence-electron chi connectivity index (χ1n) is 10.1. The SMILES string of the molecule is CCOc1cc(C#N)ccc1OCC(=O)N1CCC[C@H](c2nc3ccccc3s2)C1. The van der Waals surface area contributed by atoms with Crippen LogP contribution in [0.4, 0.5) is 0 Å². The van der Waals surface area contributed by atoms with Crippen molar-refractivity contribution in [2.45, 2.75) is 25.7 Å². The van der Waals surface area contributed by atoms with Gasteiger partial charge in [-0.1, -0.05) is 12.1 Å². The van der Waals surface area contributed by atoms with Crippen LogP contribution in [0.2, 0.25) is 0 Å². The number of ether oxygens (including phenoxy) is 2. The normalized spacial score (nSPS) is 16.3. The predicted octanol–water partition coefficient (Wildman–Crippen LogP) is 4.35. The molecule has 1 fully saturated rings. The Bertz CT molecular complexity index is 1060. The van der Waals surface area contributed by atoms with Crippen molar-refractivity contribution in [3.8, 4) is 17.6 Å². The number of carbonyl (C=O) groups excluding carboxylic acids is 1. The third-order valence-electron chi connectivity index (χ3n) is 5.16. The second-order valence-electron chi connectivity index (χ2n) is 7.19. The van der Waals surface area contributed by atoms with Gasteiger partial charge in [0.05, 0.1) is 33.5 Å². The van der Waals surface area contributed by atoms with Gasteiger partial charge in [-0.3, -0.25) is 4.79 Å². The number of nitriles is 1. The smallest absolute Gasteiger partial charge is 0.260 e. The summed E-state index contributed by atoms with van der Waals surface area (Å²) in [5.74, 6) is 1.17. The third-order valence-corrected chi connectivity index (χ3v) is 6.36. The molecule has 0 radical (unpaired) electrons. The van der Waals surface area contributed by atoms with E-state index in [2.05, 4.69) is 12.1 Å². The summed E-state index contributed by atoms with van der Waals surface area (Å²) in [7, 11) is 0. The third kappa shape index (κ3) is 4.39. The molecular formula is C23H23N3O3S. The van der Waals surface area contributed by atoms with Gasteiger partial charge in [-0.2, -0.15) is 5.26 Å². The molecule has 0 unspecified atom stereocenters. The van der Waals surface area contributed by atoms with Crippen molar-refractivity contribution < 1.29 is 14.3 Å². The molecule has 1 saturated heterocycles. The number of carbonyl (C=O) groups is 1. The first-order chi connectivity index (χ1) is 14.7. The molecule has 0 spiro atoms. The Balaban J connectivity index is 1.41. The molecule has 0 aliphatic carbocycles. The lowest BCUT2D eigenvalue weighted by atomic mass is 9.99. The molecule has 1 amide bonds. The van der Waals surface area contributed by atoms with Crippen LogP contribution < -0.4 is 9.47 Å². The van der Waals surface area contributed by atoms with Gasteiger partial charge in [-0.15, -0.1) is 11.3 Å². The van der Waals surface area contributed by atoms with Crippen molar-refractivity contribution in [3.63, 3.8) is 0 Å². The minimum atomic E-state index is -0.0570. The summed E-state index contributed by atoms with van der Waals surface area (Å²) in [6.07, 6.45) is 1.99. The molecule has 2 aromatic carbocycles. The largest absolute Gasteiger partial charge is 0.490 e. The van der Waals surface area contributed by atoms with Crippen LogP contribution in [0.1, 0.15) is 36.3 Å². The fourth-order valence-electron chi connectivity index (χ4n) is 3.67. The molecular weight excluding hydrogens is 398 g/mol. The fraction of sp³-hybridized carbons (Fsp3) is 0.348. The zero-order chi connectivity index (χ0) is 20.9. The zero-order valence-electron chi connectivity index (χ0n) is 16.8. The zero-order valence-corrected chi connectivity index (χ0v) is 17.7. The second-order valence-corrected chi connectivity index (χ2v) is 8.26. The van der Waals surface area contributed by atoms with Gasteiger partial charge in [-0.25, -0.2) is 4.98 Å². The highest BCUT2D eigenvalue weighted by Gasteiger charge is 2.27. The van der Waals surface area contributed by atoms with E-state index in [9.17, 15) is 4.79 Å². The number of hydrogen-bond acceptors (Lipinski definition) is 6. The Labute approximate surface area is 179 Å². The minimum absolute atomic E-state index is 0.0485. The molecule has 6 nitrogen and oxygen atoms in total. The van der Waals surface area contributed by atoms with Crippen LogP contribution in [0.25, 0.3) is 10.2 Å². The minimum Gasteiger partial charge on any atom is -0.490 e. The highest BCUT2D eigenvalue weighted by Crippen LogP contribution is 2.33. The van der Waals surface area contributed by atoms with Crippen LogP contribution in [0.5, 0.6) is 11.5 Å². The van der Waals surface area contributed by atoms with Crippen LogP contribution in [0.3, 0.4) is 0 Å². The number of rotatable bonds is 6. The molecule has 1 atom stereocenters. The number of thiazole rings is 1. The topological polar surface area (TPSA) is 75.5 Å². The van der Waals surface area contributed by atoms with Crippen LogP contribution in [-0.2, 0) is 4.79 Å². The van der Waals surface area contributed by atoms with Gasteiger partial charge >= 0.3 is 0 Å². The van der Waals surface area contributed by atoms with Crippen molar-refractivity contribution >= 4 is 27.5 Å². The van der Waals surface area contributed by atoms with E-state index in [0.717, 1.165) is 29.9 Å². The number of piperidine rings is 1. The lowest BCUT2D eigenvalue weighted by molar-refractivity contribution is -0.134. The van der Waals surface area contributed by atoms with Gasteiger partial charge in [0.2, 0.25) is 0 Å². The summed E-state index contributed by atoms with van der Waals surface area (Å²) in [6, 6.07) is 15.2. The number of aromatic nitrogens is 1. The highest BCUT2D eigenvalue weighted by atomic mass is 32.1. The first-order valence-corrected chi connectivity index (χ1v) is 10.9. The number of fused-ring (bicyclic) bond motifs is 1. The monoisotopic (exact) mass is 421 g/mol. The summed E-state index contributed by atoms with van der Waals surface area (Å²) in [5.41, 5.74) is 1.51. The Morgan fingerprint density at radius 3 is 2.93 bits per heavy atom. The summed E-state index contributed by atoms with van der Waals surface area (Å²) in [4.78, 5) is 19.4. The van der Waals surface area contributed by atoms with E-state index in [-0.39, 0.29) is 18.4 Å². The molecule has 30 heavy (non-hydrogen) atoms. The molecule has 2 heterocycles. The number of hydrogen-bond donors (Lipinski definition) is 0. The standard InChI is InChI=1S/C23H23N3O3S/c1-2-28-20-12-16(13-24)9-10-19(20)29-15-22(27)26-11-5-6-17(14-26)23-25-18-7-3-4-8-21(18)30-23/h3-4,7-10,12,17H,2,5-6,11,14-15H2,1H3/t17-/m0/s1. The Kier molecular flexibility index (Phi) is 6.15. The van der Waals surface area contributed by atoms with Crippen molar-refractivity contribution in [2.75, 3.05) is 26.3 Å². The summed E-state index contributed by atoms with van der Waals surface area (Å²) in [5, 5.41) is 10.2. The fourth-order valence-corrected chi connectivity index (χ4v) is 4.76. The van der Waals surface area contributed by atoms with Crippen molar-refractivity contribution in [2.24, 2.45) is 0 Å². The molecule has 7 heteroatoms. The van der Waals surface area contributed by atoms with Crippen molar-refractivity contribution in [1.82, 2.24) is 9.88 Å². The van der Waals surface area contributed by atoms with Gasteiger partial charge in [0.15, 0.2) is 18.1 Å². The average Bonchev–Trinajstić information content (AvgIpc) is 3.22. The van der Waals surface area contributed by atoms with E-state index in [4.69, 9.17) is 19.7 Å². The van der Waals surface area contributed by atoms with Gasteiger partial charge < -0.3 is 14.4 Å². The van der Waals surface area contributed by atoms with E-state index < -0.39 is 0 Å². The number of nitrogens with zero attached hydrogens (tertiary/aromatic N) is 3. The summed E-state index contributed by atoms with van der Waals surface area (Å²) >= 11 is 1.72. The molecule has 0 saturated carbocycles. The second kappa shape index (κ2) is 9.14. The lowest BCUT2D eigenvalue weighted by Crippen LogP contribution is -2.41. The Morgan fingerprint density at radius 2 is 2.13 bits per heavy atom. The van der Waals surface area contributed by atoms with E-state index in [1.165, 1.54) is 4.70 Å². The average molecular weight is 422 g/mol. The molecule has 0 N–H and O–H groups in total. The van der Waals surface area contributed by atoms with E-state index in [1.54, 1.807) is 29.5 Å². The number of para-hydroxylation sites is 1. The van der Waals surface area contributed by atoms with Gasteiger partial charge in [-0.05, 0) is 44.0 Å². The van der Waals surface area contributed by atoms with Crippen LogP contribution >= 0.6 is 11.3 Å². The highest BCUT2D eigenvalue weighted by molar-refractivity contribution is 7.18. The summed E-state index contributed by atoms with van der Waals surface area (Å²) < 4.78 is 12.5. The Hall–Kier alpha value is -3.11. The van der Waals surface area contributed by atoms with Gasteiger partial charge in [0, 0.05) is 25.1 Å². The molecule has 0 bridgehead atoms. The van der Waals surface area contributed by atoms with Crippen LogP contribution in [0, 0.1) is 11.3 Å². The Morgan fingerprint density at radius 1 is 1.27 bits per heavy atom. The van der Waals surface area contributed by atoms with Crippen molar-refractivity contribution in [3.05, 3.63) is 53.0 Å². The van der Waals surface area contributed by atoms with E-state index in [0.29, 0.717) is 30.2 Å². The van der Waals surface area contributed by atoms with E-state index >= 15 is 0 Å². The maximum atomic E-state index is 12.8. The molecule has 1 aliphatic rings. The molecule has 1 aliphatic heterocycles. The van der Waals surface area contributed by atoms with E-state index in [1.807, 2.05) is 30.0 Å². The summed E-state index contributed by atoms with van der Waals surface area (Å²) in [6.45, 7) is 3.65. The first kappa shape index (κ1) is 20.2. The number of benzene rings is 2. The number of likely N-dealkylation sites (tertiary alicyclic amines) is 1. The number of amides is 1. The lowest BCUT2D eigenvalue weighted by Gasteiger charge is -2.31.